The lowest BCUT2D eigenvalue weighted by atomic mass is 10.2. The molecule has 1 saturated heterocycles. The van der Waals surface area contributed by atoms with E-state index < -0.39 is 32.3 Å². The molecule has 0 amide bonds. The lowest BCUT2D eigenvalue weighted by Crippen LogP contribution is -2.91. The zero-order chi connectivity index (χ0) is 16.5. The van der Waals surface area contributed by atoms with Crippen LogP contribution in [0.25, 0.3) is 0 Å². The number of hydrogen-bond acceptors (Lipinski definition) is 0. The topological polar surface area (TPSA) is 0 Å². The van der Waals surface area contributed by atoms with E-state index in [9.17, 15) is 0 Å². The van der Waals surface area contributed by atoms with E-state index in [1.54, 1.807) is 0 Å². The molecule has 0 bridgehead atoms. The van der Waals surface area contributed by atoms with Crippen molar-refractivity contribution in [2.45, 2.75) is 74.0 Å². The van der Waals surface area contributed by atoms with Gasteiger partial charge in [0.25, 0.3) is 0 Å². The van der Waals surface area contributed by atoms with Crippen molar-refractivity contribution in [3.8, 4) is 0 Å². The molecule has 0 aromatic rings. The number of allylic oxidation sites excluding steroid dienone is 4. The molecule has 21 heavy (non-hydrogen) atoms. The van der Waals surface area contributed by atoms with Gasteiger partial charge in [0, 0.05) is 46.9 Å². The van der Waals surface area contributed by atoms with E-state index in [4.69, 9.17) is 0 Å². The highest BCUT2D eigenvalue weighted by Gasteiger charge is 2.88. The first-order valence-corrected chi connectivity index (χ1v) is 21.4. The Kier molecular flexibility index (Phi) is 3.68. The molecule has 1 heterocycles. The van der Waals surface area contributed by atoms with E-state index >= 15 is 0 Å². The van der Waals surface area contributed by atoms with Gasteiger partial charge in [-0.2, -0.15) is 0 Å². The average molecular weight is 352 g/mol. The summed E-state index contributed by atoms with van der Waals surface area (Å²) in [6.07, 6.45) is 12.2. The van der Waals surface area contributed by atoms with Crippen LogP contribution in [-0.2, 0) is 0 Å². The summed E-state index contributed by atoms with van der Waals surface area (Å²) in [5.74, 6) is 0. The molecule has 1 fully saturated rings. The molecule has 118 valence electrons. The van der Waals surface area contributed by atoms with Crippen LogP contribution in [0.4, 0.5) is 0 Å². The van der Waals surface area contributed by atoms with Gasteiger partial charge in [0.2, 0.25) is 0 Å². The summed E-state index contributed by atoms with van der Waals surface area (Å²) in [5.41, 5.74) is 0. The summed E-state index contributed by atoms with van der Waals surface area (Å²) < 4.78 is 1.29. The van der Waals surface area contributed by atoms with Crippen LogP contribution in [0.1, 0.15) is 0 Å². The molecular weight excluding hydrogens is 317 g/mol. The molecule has 2 aliphatic rings. The van der Waals surface area contributed by atoms with Gasteiger partial charge in [-0.3, -0.25) is 0 Å². The fraction of sp³-hybridized carbons (Fsp3) is 0.706. The van der Waals surface area contributed by atoms with Crippen molar-refractivity contribution >= 4 is 32.3 Å². The lowest BCUT2D eigenvalue weighted by molar-refractivity contribution is 0.885. The quantitative estimate of drug-likeness (QED) is 0.419. The third kappa shape index (κ3) is 1.63. The van der Waals surface area contributed by atoms with Crippen LogP contribution in [0.3, 0.4) is 0 Å². The summed E-state index contributed by atoms with van der Waals surface area (Å²) in [6, 6.07) is 0. The Hall–Kier alpha value is 0.218. The second-order valence-electron chi connectivity index (χ2n) is 10.3. The Morgan fingerprint density at radius 3 is 1.33 bits per heavy atom. The second-order valence-corrected chi connectivity index (χ2v) is 33.9. The molecule has 0 unspecified atom stereocenters. The highest BCUT2D eigenvalue weighted by atomic mass is 28.5. The van der Waals surface area contributed by atoms with Gasteiger partial charge in [-0.05, 0) is 3.91 Å². The van der Waals surface area contributed by atoms with E-state index in [0.717, 1.165) is 3.91 Å². The zero-order valence-electron chi connectivity index (χ0n) is 15.9. The minimum Gasteiger partial charge on any atom is -0.0698 e. The predicted molar refractivity (Wildman–Crippen MR) is 110 cm³/mol. The van der Waals surface area contributed by atoms with Crippen molar-refractivity contribution in [3.05, 3.63) is 30.7 Å². The molecule has 1 aliphatic carbocycles. The van der Waals surface area contributed by atoms with Gasteiger partial charge in [-0.15, -0.1) is 0 Å². The standard InChI is InChI=1S/C17H35Si4/c1-18(2,3)17(19(4,5)6)20(7,8)16(21(17,9)10)14-12-11-13-15-16/h11-15H,1-10H3/q+1. The van der Waals surface area contributed by atoms with Crippen molar-refractivity contribution in [1.82, 2.24) is 0 Å². The third-order valence-corrected chi connectivity index (χ3v) is 48.7. The first-order chi connectivity index (χ1) is 9.21. The molecule has 0 saturated carbocycles. The van der Waals surface area contributed by atoms with Gasteiger partial charge in [-0.25, -0.2) is 0 Å². The summed E-state index contributed by atoms with van der Waals surface area (Å²) in [6.45, 7) is 27.1. The largest absolute Gasteiger partial charge is 0.0890 e. The van der Waals surface area contributed by atoms with Gasteiger partial charge in [-0.1, -0.05) is 65.5 Å². The van der Waals surface area contributed by atoms with Gasteiger partial charge in [0.15, 0.2) is 0 Å². The van der Waals surface area contributed by atoms with Crippen molar-refractivity contribution in [2.75, 3.05) is 0 Å². The molecule has 1 spiro atoms. The maximum Gasteiger partial charge on any atom is 0.0890 e. The normalized spacial score (nSPS) is 28.1. The molecule has 2 rings (SSSR count). The highest BCUT2D eigenvalue weighted by Crippen LogP contribution is 2.81. The van der Waals surface area contributed by atoms with Crippen LogP contribution in [-0.4, -0.2) is 32.3 Å². The van der Waals surface area contributed by atoms with Crippen molar-refractivity contribution < 1.29 is 0 Å². The van der Waals surface area contributed by atoms with Gasteiger partial charge < -0.3 is 0 Å². The zero-order valence-corrected chi connectivity index (χ0v) is 19.9. The van der Waals surface area contributed by atoms with Crippen LogP contribution in [0.2, 0.25) is 74.0 Å². The first kappa shape index (κ1) is 17.6. The molecule has 0 nitrogen and oxygen atoms in total. The highest BCUT2D eigenvalue weighted by molar-refractivity contribution is 7.40. The van der Waals surface area contributed by atoms with E-state index in [1.807, 2.05) is 0 Å². The molecule has 4 heteroatoms. The van der Waals surface area contributed by atoms with Crippen LogP contribution >= 0.6 is 0 Å². The maximum atomic E-state index is 2.74. The fourth-order valence-corrected chi connectivity index (χ4v) is 68.6. The second kappa shape index (κ2) is 4.40. The summed E-state index contributed by atoms with van der Waals surface area (Å²) in [4.78, 5) is 0. The van der Waals surface area contributed by atoms with E-state index in [-0.39, 0.29) is 0 Å². The molecule has 1 aliphatic heterocycles. The SMILES string of the molecule is C[Si](C)(C)C1([Si](C)(C)C)[Si](C)(C)C2(C=C[CH+]C=C2)[Si]1(C)C. The molecular formula is C17H35Si4+. The molecule has 0 aromatic heterocycles. The van der Waals surface area contributed by atoms with Crippen molar-refractivity contribution in [3.63, 3.8) is 0 Å². The van der Waals surface area contributed by atoms with Gasteiger partial charge in [0.05, 0.1) is 20.8 Å². The van der Waals surface area contributed by atoms with Crippen LogP contribution in [0.15, 0.2) is 24.3 Å². The number of hydrogen-bond donors (Lipinski definition) is 0. The minimum atomic E-state index is -1.39. The first-order valence-electron chi connectivity index (χ1n) is 8.41. The van der Waals surface area contributed by atoms with Crippen molar-refractivity contribution in [1.29, 1.82) is 0 Å². The summed E-state index contributed by atoms with van der Waals surface area (Å²) >= 11 is 0. The molecule has 0 atom stereocenters. The molecule has 0 radical (unpaired) electrons. The predicted octanol–water partition coefficient (Wildman–Crippen LogP) is 6.06. The molecule has 0 aromatic carbocycles. The van der Waals surface area contributed by atoms with Crippen LogP contribution in [0.5, 0.6) is 0 Å². The smallest absolute Gasteiger partial charge is 0.0698 e. The van der Waals surface area contributed by atoms with Crippen LogP contribution < -0.4 is 0 Å². The van der Waals surface area contributed by atoms with Gasteiger partial charge in [0.1, 0.15) is 0 Å². The Labute approximate surface area is 137 Å². The minimum absolute atomic E-state index is 0.495. The van der Waals surface area contributed by atoms with E-state index in [1.165, 1.54) is 0 Å². The summed E-state index contributed by atoms with van der Waals surface area (Å²) in [7, 11) is -5.26. The summed E-state index contributed by atoms with van der Waals surface area (Å²) in [5, 5.41) is 0. The van der Waals surface area contributed by atoms with E-state index in [0.29, 0.717) is 4.66 Å². The van der Waals surface area contributed by atoms with Crippen LogP contribution in [0, 0.1) is 6.42 Å². The Balaban J connectivity index is 2.79. The average Bonchev–Trinajstić information content (AvgIpc) is 2.24. The maximum absolute atomic E-state index is 2.74. The van der Waals surface area contributed by atoms with Gasteiger partial charge >= 0.3 is 0 Å². The Morgan fingerprint density at radius 2 is 1.05 bits per heavy atom. The Morgan fingerprint density at radius 1 is 0.714 bits per heavy atom. The van der Waals surface area contributed by atoms with E-state index in [2.05, 4.69) is 96.2 Å². The Bertz CT molecular complexity index is 452. The third-order valence-electron chi connectivity index (χ3n) is 7.13. The number of rotatable bonds is 2. The lowest BCUT2D eigenvalue weighted by Gasteiger charge is -2.81. The van der Waals surface area contributed by atoms with Crippen molar-refractivity contribution in [2.24, 2.45) is 0 Å². The fourth-order valence-electron chi connectivity index (χ4n) is 8.36. The molecule has 0 N–H and O–H groups in total. The monoisotopic (exact) mass is 351 g/mol.